The lowest BCUT2D eigenvalue weighted by Crippen LogP contribution is -2.17. The highest BCUT2D eigenvalue weighted by Crippen LogP contribution is 2.29. The number of likely N-dealkylation sites (N-methyl/N-ethyl adjacent to an activating group) is 1. The summed E-state index contributed by atoms with van der Waals surface area (Å²) in [6, 6.07) is 2.07. The second kappa shape index (κ2) is 6.11. The van der Waals surface area contributed by atoms with Gasteiger partial charge in [-0.1, -0.05) is 6.92 Å². The van der Waals surface area contributed by atoms with Crippen LogP contribution < -0.4 is 5.32 Å². The van der Waals surface area contributed by atoms with Gasteiger partial charge in [0.05, 0.1) is 4.88 Å². The quantitative estimate of drug-likeness (QED) is 0.917. The summed E-state index contributed by atoms with van der Waals surface area (Å²) in [5.74, 6) is 1.25. The predicted octanol–water partition coefficient (Wildman–Crippen LogP) is 3.91. The molecule has 0 amide bonds. The second-order valence-electron chi connectivity index (χ2n) is 4.72. The van der Waals surface area contributed by atoms with Gasteiger partial charge in [0.2, 0.25) is 0 Å². The molecule has 1 unspecified atom stereocenters. The van der Waals surface area contributed by atoms with E-state index >= 15 is 0 Å². The van der Waals surface area contributed by atoms with Gasteiger partial charge in [-0.05, 0) is 54.4 Å². The van der Waals surface area contributed by atoms with Gasteiger partial charge >= 0.3 is 0 Å². The number of thiophene rings is 1. The average Bonchev–Trinajstić information content (AvgIpc) is 2.75. The van der Waals surface area contributed by atoms with E-state index in [0.29, 0.717) is 5.92 Å². The van der Waals surface area contributed by atoms with Gasteiger partial charge in [-0.15, -0.1) is 11.3 Å². The third-order valence-corrected chi connectivity index (χ3v) is 4.80. The fourth-order valence-electron chi connectivity index (χ4n) is 2.39. The molecule has 5 heteroatoms. The molecule has 0 aliphatic rings. The molecule has 19 heavy (non-hydrogen) atoms. The van der Waals surface area contributed by atoms with Crippen molar-refractivity contribution in [3.05, 3.63) is 32.9 Å². The molecule has 0 spiro atoms. The van der Waals surface area contributed by atoms with Crippen molar-refractivity contribution in [1.29, 1.82) is 0 Å². The standard InChI is InChI=1S/C14H18BrN3S/c1-8(6-16-4)13-9(2)17-14(18-10(13)3)12-5-11(15)7-19-12/h5,7-8,16H,6H2,1-4H3. The van der Waals surface area contributed by atoms with Crippen molar-refractivity contribution in [1.82, 2.24) is 15.3 Å². The molecule has 0 saturated carbocycles. The molecule has 3 nitrogen and oxygen atoms in total. The molecule has 0 aromatic carbocycles. The lowest BCUT2D eigenvalue weighted by Gasteiger charge is -2.16. The Morgan fingerprint density at radius 1 is 1.32 bits per heavy atom. The van der Waals surface area contributed by atoms with Gasteiger partial charge in [-0.2, -0.15) is 0 Å². The van der Waals surface area contributed by atoms with Crippen LogP contribution in [0.25, 0.3) is 10.7 Å². The van der Waals surface area contributed by atoms with E-state index in [4.69, 9.17) is 0 Å². The fourth-order valence-corrected chi connectivity index (χ4v) is 3.75. The van der Waals surface area contributed by atoms with Crippen LogP contribution in [0.15, 0.2) is 15.9 Å². The van der Waals surface area contributed by atoms with E-state index in [2.05, 4.69) is 63.4 Å². The third-order valence-electron chi connectivity index (χ3n) is 3.12. The lowest BCUT2D eigenvalue weighted by molar-refractivity contribution is 0.663. The smallest absolute Gasteiger partial charge is 0.169 e. The van der Waals surface area contributed by atoms with E-state index in [1.54, 1.807) is 11.3 Å². The molecule has 102 valence electrons. The molecule has 0 fully saturated rings. The maximum absolute atomic E-state index is 4.67. The van der Waals surface area contributed by atoms with Gasteiger partial charge in [0.25, 0.3) is 0 Å². The van der Waals surface area contributed by atoms with Crippen LogP contribution in [0.1, 0.15) is 29.8 Å². The van der Waals surface area contributed by atoms with Crippen molar-refractivity contribution in [2.45, 2.75) is 26.7 Å². The van der Waals surface area contributed by atoms with Crippen molar-refractivity contribution in [2.75, 3.05) is 13.6 Å². The molecule has 0 radical (unpaired) electrons. The molecule has 2 aromatic heterocycles. The number of nitrogens with zero attached hydrogens (tertiary/aromatic N) is 2. The Labute approximate surface area is 126 Å². The van der Waals surface area contributed by atoms with E-state index < -0.39 is 0 Å². The molecule has 2 rings (SSSR count). The normalized spacial score (nSPS) is 12.7. The number of hydrogen-bond donors (Lipinski definition) is 1. The maximum Gasteiger partial charge on any atom is 0.169 e. The number of rotatable bonds is 4. The topological polar surface area (TPSA) is 37.8 Å². The van der Waals surface area contributed by atoms with Crippen LogP contribution in [0.3, 0.4) is 0 Å². The van der Waals surface area contributed by atoms with Crippen LogP contribution in [0.5, 0.6) is 0 Å². The SMILES string of the molecule is CNCC(C)c1c(C)nc(-c2cc(Br)cs2)nc1C. The molecular weight excluding hydrogens is 322 g/mol. The molecule has 2 heterocycles. The van der Waals surface area contributed by atoms with Gasteiger partial charge in [-0.3, -0.25) is 0 Å². The lowest BCUT2D eigenvalue weighted by atomic mass is 9.98. The van der Waals surface area contributed by atoms with Crippen molar-refractivity contribution >= 4 is 27.3 Å². The Morgan fingerprint density at radius 3 is 2.42 bits per heavy atom. The van der Waals surface area contributed by atoms with Crippen LogP contribution in [0.4, 0.5) is 0 Å². The van der Waals surface area contributed by atoms with E-state index in [9.17, 15) is 0 Å². The van der Waals surface area contributed by atoms with Gasteiger partial charge in [-0.25, -0.2) is 9.97 Å². The summed E-state index contributed by atoms with van der Waals surface area (Å²) in [6.07, 6.45) is 0. The molecule has 0 saturated heterocycles. The highest BCUT2D eigenvalue weighted by Gasteiger charge is 2.15. The zero-order valence-corrected chi connectivity index (χ0v) is 14.0. The number of nitrogens with one attached hydrogen (secondary N) is 1. The number of hydrogen-bond acceptors (Lipinski definition) is 4. The van der Waals surface area contributed by atoms with Crippen LogP contribution in [0, 0.1) is 13.8 Å². The Kier molecular flexibility index (Phi) is 4.71. The molecule has 1 atom stereocenters. The number of aryl methyl sites for hydroxylation is 2. The second-order valence-corrected chi connectivity index (χ2v) is 6.55. The molecule has 0 bridgehead atoms. The van der Waals surface area contributed by atoms with Gasteiger partial charge < -0.3 is 5.32 Å². The highest BCUT2D eigenvalue weighted by molar-refractivity contribution is 9.10. The van der Waals surface area contributed by atoms with E-state index in [0.717, 1.165) is 33.1 Å². The van der Waals surface area contributed by atoms with Crippen molar-refractivity contribution in [3.8, 4) is 10.7 Å². The van der Waals surface area contributed by atoms with Gasteiger partial charge in [0.1, 0.15) is 0 Å². The maximum atomic E-state index is 4.67. The van der Waals surface area contributed by atoms with Crippen LogP contribution in [0.2, 0.25) is 0 Å². The zero-order chi connectivity index (χ0) is 14.0. The van der Waals surface area contributed by atoms with Crippen molar-refractivity contribution in [2.24, 2.45) is 0 Å². The monoisotopic (exact) mass is 339 g/mol. The first-order valence-electron chi connectivity index (χ1n) is 6.27. The average molecular weight is 340 g/mol. The first-order chi connectivity index (χ1) is 9.02. The van der Waals surface area contributed by atoms with E-state index in [-0.39, 0.29) is 0 Å². The van der Waals surface area contributed by atoms with Crippen LogP contribution >= 0.6 is 27.3 Å². The number of aromatic nitrogens is 2. The van der Waals surface area contributed by atoms with Gasteiger partial charge in [0, 0.05) is 27.8 Å². The Hall–Kier alpha value is -0.780. The Balaban J connectivity index is 2.42. The molecule has 1 N–H and O–H groups in total. The molecule has 2 aromatic rings. The zero-order valence-electron chi connectivity index (χ0n) is 11.6. The summed E-state index contributed by atoms with van der Waals surface area (Å²) in [4.78, 5) is 10.4. The first kappa shape index (κ1) is 14.6. The molecular formula is C14H18BrN3S. The predicted molar refractivity (Wildman–Crippen MR) is 84.9 cm³/mol. The summed E-state index contributed by atoms with van der Waals surface area (Å²) >= 11 is 5.13. The minimum Gasteiger partial charge on any atom is -0.319 e. The fraction of sp³-hybridized carbons (Fsp3) is 0.429. The summed E-state index contributed by atoms with van der Waals surface area (Å²) in [5, 5.41) is 5.27. The molecule has 0 aliphatic carbocycles. The van der Waals surface area contributed by atoms with Crippen LogP contribution in [-0.2, 0) is 0 Å². The molecule has 0 aliphatic heterocycles. The first-order valence-corrected chi connectivity index (χ1v) is 7.94. The van der Waals surface area contributed by atoms with E-state index in [1.165, 1.54) is 5.56 Å². The summed E-state index contributed by atoms with van der Waals surface area (Å²) in [5.41, 5.74) is 3.42. The van der Waals surface area contributed by atoms with E-state index in [1.807, 2.05) is 7.05 Å². The third kappa shape index (κ3) is 3.22. The van der Waals surface area contributed by atoms with Crippen molar-refractivity contribution < 1.29 is 0 Å². The number of halogens is 1. The Morgan fingerprint density at radius 2 is 1.95 bits per heavy atom. The summed E-state index contributed by atoms with van der Waals surface area (Å²) < 4.78 is 1.08. The minimum atomic E-state index is 0.425. The van der Waals surface area contributed by atoms with Crippen LogP contribution in [-0.4, -0.2) is 23.6 Å². The van der Waals surface area contributed by atoms with Gasteiger partial charge in [0.15, 0.2) is 5.82 Å². The Bertz CT molecular complexity index is 557. The summed E-state index contributed by atoms with van der Waals surface area (Å²) in [6.45, 7) is 7.29. The largest absolute Gasteiger partial charge is 0.319 e. The highest BCUT2D eigenvalue weighted by atomic mass is 79.9. The summed E-state index contributed by atoms with van der Waals surface area (Å²) in [7, 11) is 1.97. The minimum absolute atomic E-state index is 0.425. The van der Waals surface area contributed by atoms with Crippen molar-refractivity contribution in [3.63, 3.8) is 0 Å².